The van der Waals surface area contributed by atoms with Crippen LogP contribution in [0.3, 0.4) is 0 Å². The Balaban J connectivity index is 4.43. The number of aliphatic hydroxyl groups excluding tert-OH is 1. The zero-order valence-corrected chi connectivity index (χ0v) is 11.5. The molecule has 2 nitrogen and oxygen atoms in total. The highest BCUT2D eigenvalue weighted by molar-refractivity contribution is 4.86. The lowest BCUT2D eigenvalue weighted by molar-refractivity contribution is 0.0329. The Morgan fingerprint density at radius 3 is 1.73 bits per heavy atom. The molecule has 0 amide bonds. The van der Waals surface area contributed by atoms with Gasteiger partial charge in [0.25, 0.3) is 0 Å². The first-order valence-electron chi connectivity index (χ1n) is 6.00. The zero-order chi connectivity index (χ0) is 12.3. The molecule has 0 fully saturated rings. The van der Waals surface area contributed by atoms with Gasteiger partial charge in [-0.05, 0) is 23.8 Å². The molecular formula is C13H29NO. The molecule has 0 heterocycles. The van der Waals surface area contributed by atoms with Gasteiger partial charge in [0.2, 0.25) is 0 Å². The molecule has 0 aliphatic heterocycles. The van der Waals surface area contributed by atoms with E-state index in [1.807, 2.05) is 0 Å². The highest BCUT2D eigenvalue weighted by Crippen LogP contribution is 2.29. The zero-order valence-electron chi connectivity index (χ0n) is 11.5. The van der Waals surface area contributed by atoms with Gasteiger partial charge in [-0.1, -0.05) is 48.5 Å². The Hall–Kier alpha value is -0.0800. The van der Waals surface area contributed by atoms with Crippen LogP contribution in [0, 0.1) is 10.8 Å². The SMILES string of the molecule is CCNC(CC(O)C(C)(C)C)C(C)(C)C. The molecule has 0 saturated carbocycles. The first-order chi connectivity index (χ1) is 6.59. The van der Waals surface area contributed by atoms with Crippen LogP contribution in [0.2, 0.25) is 0 Å². The van der Waals surface area contributed by atoms with E-state index in [2.05, 4.69) is 53.8 Å². The van der Waals surface area contributed by atoms with Crippen molar-refractivity contribution < 1.29 is 5.11 Å². The van der Waals surface area contributed by atoms with Crippen LogP contribution in [-0.2, 0) is 0 Å². The topological polar surface area (TPSA) is 32.3 Å². The number of rotatable bonds is 4. The molecule has 0 aliphatic carbocycles. The molecule has 92 valence electrons. The van der Waals surface area contributed by atoms with Crippen molar-refractivity contribution in [3.05, 3.63) is 0 Å². The number of hydrogen-bond acceptors (Lipinski definition) is 2. The van der Waals surface area contributed by atoms with Crippen molar-refractivity contribution in [1.29, 1.82) is 0 Å². The molecule has 0 spiro atoms. The third-order valence-corrected chi connectivity index (χ3v) is 2.95. The summed E-state index contributed by atoms with van der Waals surface area (Å²) in [4.78, 5) is 0. The van der Waals surface area contributed by atoms with Gasteiger partial charge in [-0.25, -0.2) is 0 Å². The van der Waals surface area contributed by atoms with Crippen molar-refractivity contribution in [3.8, 4) is 0 Å². The fraction of sp³-hybridized carbons (Fsp3) is 1.00. The highest BCUT2D eigenvalue weighted by atomic mass is 16.3. The van der Waals surface area contributed by atoms with Crippen LogP contribution in [0.25, 0.3) is 0 Å². The van der Waals surface area contributed by atoms with Gasteiger partial charge in [-0.2, -0.15) is 0 Å². The Labute approximate surface area is 95.5 Å². The van der Waals surface area contributed by atoms with Gasteiger partial charge in [-0.3, -0.25) is 0 Å². The van der Waals surface area contributed by atoms with E-state index < -0.39 is 0 Å². The van der Waals surface area contributed by atoms with Crippen LogP contribution in [-0.4, -0.2) is 23.8 Å². The standard InChI is InChI=1S/C13H29NO/c1-8-14-10(12(2,3)4)9-11(15)13(5,6)7/h10-11,14-15H,8-9H2,1-7H3. The summed E-state index contributed by atoms with van der Waals surface area (Å²) in [5.41, 5.74) is 0.168. The maximum Gasteiger partial charge on any atom is 0.0603 e. The van der Waals surface area contributed by atoms with Gasteiger partial charge >= 0.3 is 0 Å². The second kappa shape index (κ2) is 5.31. The van der Waals surface area contributed by atoms with Crippen molar-refractivity contribution in [2.75, 3.05) is 6.54 Å². The van der Waals surface area contributed by atoms with E-state index in [1.165, 1.54) is 0 Å². The summed E-state index contributed by atoms with van der Waals surface area (Å²) < 4.78 is 0. The lowest BCUT2D eigenvalue weighted by atomic mass is 9.78. The summed E-state index contributed by atoms with van der Waals surface area (Å²) in [6.45, 7) is 16.0. The van der Waals surface area contributed by atoms with Gasteiger partial charge in [-0.15, -0.1) is 0 Å². The van der Waals surface area contributed by atoms with Gasteiger partial charge < -0.3 is 10.4 Å². The lowest BCUT2D eigenvalue weighted by Gasteiger charge is -2.36. The maximum absolute atomic E-state index is 10.1. The van der Waals surface area contributed by atoms with E-state index in [0.717, 1.165) is 13.0 Å². The first-order valence-corrected chi connectivity index (χ1v) is 6.00. The fourth-order valence-electron chi connectivity index (χ4n) is 1.57. The second-order valence-corrected chi connectivity index (χ2v) is 6.59. The van der Waals surface area contributed by atoms with E-state index in [4.69, 9.17) is 0 Å². The van der Waals surface area contributed by atoms with E-state index >= 15 is 0 Å². The molecule has 0 aromatic rings. The van der Waals surface area contributed by atoms with Crippen LogP contribution in [0.1, 0.15) is 54.9 Å². The molecule has 0 saturated heterocycles. The van der Waals surface area contributed by atoms with Crippen LogP contribution < -0.4 is 5.32 Å². The van der Waals surface area contributed by atoms with E-state index in [-0.39, 0.29) is 16.9 Å². The lowest BCUT2D eigenvalue weighted by Crippen LogP contribution is -2.44. The molecule has 0 aromatic carbocycles. The summed E-state index contributed by atoms with van der Waals surface area (Å²) in [6.07, 6.45) is 0.571. The third kappa shape index (κ3) is 5.53. The molecule has 0 radical (unpaired) electrons. The number of nitrogens with one attached hydrogen (secondary N) is 1. The Morgan fingerprint density at radius 2 is 1.47 bits per heavy atom. The van der Waals surface area contributed by atoms with E-state index in [1.54, 1.807) is 0 Å². The van der Waals surface area contributed by atoms with Crippen LogP contribution in [0.15, 0.2) is 0 Å². The summed E-state index contributed by atoms with van der Waals surface area (Å²) in [5, 5.41) is 13.6. The normalized spacial score (nSPS) is 17.6. The van der Waals surface area contributed by atoms with Crippen molar-refractivity contribution in [2.24, 2.45) is 10.8 Å². The summed E-state index contributed by atoms with van der Waals surface area (Å²) in [7, 11) is 0. The average Bonchev–Trinajstić information content (AvgIpc) is 1.99. The van der Waals surface area contributed by atoms with Gasteiger partial charge in [0.05, 0.1) is 6.10 Å². The smallest absolute Gasteiger partial charge is 0.0603 e. The predicted octanol–water partition coefficient (Wildman–Crippen LogP) is 2.81. The fourth-order valence-corrected chi connectivity index (χ4v) is 1.57. The van der Waals surface area contributed by atoms with Crippen molar-refractivity contribution in [2.45, 2.75) is 67.0 Å². The Kier molecular flexibility index (Phi) is 5.28. The van der Waals surface area contributed by atoms with E-state index in [9.17, 15) is 5.11 Å². The molecule has 0 aliphatic rings. The largest absolute Gasteiger partial charge is 0.393 e. The minimum Gasteiger partial charge on any atom is -0.393 e. The molecule has 2 heteroatoms. The molecule has 15 heavy (non-hydrogen) atoms. The second-order valence-electron chi connectivity index (χ2n) is 6.59. The highest BCUT2D eigenvalue weighted by Gasteiger charge is 2.30. The molecule has 2 atom stereocenters. The van der Waals surface area contributed by atoms with Gasteiger partial charge in [0.1, 0.15) is 0 Å². The number of hydrogen-bond donors (Lipinski definition) is 2. The Bertz CT molecular complexity index is 176. The number of aliphatic hydroxyl groups is 1. The summed E-state index contributed by atoms with van der Waals surface area (Å²) in [5.74, 6) is 0. The van der Waals surface area contributed by atoms with Crippen molar-refractivity contribution >= 4 is 0 Å². The predicted molar refractivity (Wildman–Crippen MR) is 67.0 cm³/mol. The summed E-state index contributed by atoms with van der Waals surface area (Å²) in [6, 6.07) is 0.372. The minimum atomic E-state index is -0.249. The molecule has 0 bridgehead atoms. The summed E-state index contributed by atoms with van der Waals surface area (Å²) >= 11 is 0. The van der Waals surface area contributed by atoms with Crippen molar-refractivity contribution in [3.63, 3.8) is 0 Å². The Morgan fingerprint density at radius 1 is 1.00 bits per heavy atom. The molecule has 0 rings (SSSR count). The first kappa shape index (κ1) is 14.9. The van der Waals surface area contributed by atoms with Gasteiger partial charge in [0.15, 0.2) is 0 Å². The molecule has 2 unspecified atom stereocenters. The van der Waals surface area contributed by atoms with Crippen LogP contribution in [0.4, 0.5) is 0 Å². The maximum atomic E-state index is 10.1. The van der Waals surface area contributed by atoms with Crippen LogP contribution in [0.5, 0.6) is 0 Å². The average molecular weight is 215 g/mol. The van der Waals surface area contributed by atoms with E-state index in [0.29, 0.717) is 6.04 Å². The monoisotopic (exact) mass is 215 g/mol. The van der Waals surface area contributed by atoms with Crippen LogP contribution >= 0.6 is 0 Å². The quantitative estimate of drug-likeness (QED) is 0.756. The minimum absolute atomic E-state index is 0.0288. The molecule has 2 N–H and O–H groups in total. The van der Waals surface area contributed by atoms with Crippen molar-refractivity contribution in [1.82, 2.24) is 5.32 Å². The molecule has 0 aromatic heterocycles. The van der Waals surface area contributed by atoms with Gasteiger partial charge in [0, 0.05) is 6.04 Å². The third-order valence-electron chi connectivity index (χ3n) is 2.95. The molecular weight excluding hydrogens is 186 g/mol.